The first-order valence-corrected chi connectivity index (χ1v) is 9.96. The summed E-state index contributed by atoms with van der Waals surface area (Å²) in [6.07, 6.45) is 0.668. The third-order valence-corrected chi connectivity index (χ3v) is 5.14. The maximum absolute atomic E-state index is 12.9. The van der Waals surface area contributed by atoms with Crippen LogP contribution in [0.5, 0.6) is 0 Å². The maximum atomic E-state index is 12.9. The minimum absolute atomic E-state index is 0.0754. The van der Waals surface area contributed by atoms with Gasteiger partial charge in [0.05, 0.1) is 36.7 Å². The molecular weight excluding hydrogens is 410 g/mol. The van der Waals surface area contributed by atoms with Crippen molar-refractivity contribution in [2.24, 2.45) is 10.7 Å². The molecular formula is C21H26F2N4O4. The van der Waals surface area contributed by atoms with Gasteiger partial charge in [0.25, 0.3) is 0 Å². The zero-order chi connectivity index (χ0) is 22.5. The van der Waals surface area contributed by atoms with Crippen LogP contribution in [-0.2, 0) is 14.3 Å². The van der Waals surface area contributed by atoms with Gasteiger partial charge in [0.15, 0.2) is 6.10 Å². The molecule has 0 spiro atoms. The number of alkyl halides is 2. The SMILES string of the molecule is CC(=O)N1c2ccc(/C(C=NC3COC3)=C/N)cc2N(C(=O)OC(CF)CF)C[C@@H]1C. The smallest absolute Gasteiger partial charge is 0.414 e. The summed E-state index contributed by atoms with van der Waals surface area (Å²) in [5.74, 6) is -0.193. The van der Waals surface area contributed by atoms with Crippen LogP contribution >= 0.6 is 0 Å². The summed E-state index contributed by atoms with van der Waals surface area (Å²) < 4.78 is 35.9. The lowest BCUT2D eigenvalue weighted by Gasteiger charge is -2.40. The first kappa shape index (κ1) is 22.7. The summed E-state index contributed by atoms with van der Waals surface area (Å²) in [6.45, 7) is 2.16. The number of aliphatic imine (C=N–C) groups is 1. The van der Waals surface area contributed by atoms with Gasteiger partial charge in [0.2, 0.25) is 5.91 Å². The first-order chi connectivity index (χ1) is 14.9. The van der Waals surface area contributed by atoms with Crippen molar-refractivity contribution in [2.45, 2.75) is 32.0 Å². The molecule has 2 heterocycles. The van der Waals surface area contributed by atoms with Crippen molar-refractivity contribution in [2.75, 3.05) is 42.9 Å². The molecule has 0 radical (unpaired) electrons. The largest absolute Gasteiger partial charge is 0.440 e. The monoisotopic (exact) mass is 436 g/mol. The van der Waals surface area contributed by atoms with Gasteiger partial charge in [-0.1, -0.05) is 6.07 Å². The second-order valence-corrected chi connectivity index (χ2v) is 7.46. The van der Waals surface area contributed by atoms with Gasteiger partial charge in [-0.3, -0.25) is 14.7 Å². The Balaban J connectivity index is 1.98. The van der Waals surface area contributed by atoms with Crippen LogP contribution in [0.15, 0.2) is 29.4 Å². The Kier molecular flexibility index (Phi) is 7.21. The van der Waals surface area contributed by atoms with Gasteiger partial charge in [0.1, 0.15) is 13.3 Å². The molecule has 8 nitrogen and oxygen atoms in total. The Labute approximate surface area is 179 Å². The van der Waals surface area contributed by atoms with Crippen LogP contribution in [0.3, 0.4) is 0 Å². The molecule has 1 saturated heterocycles. The molecule has 1 aromatic carbocycles. The molecule has 1 aromatic rings. The molecule has 2 aliphatic rings. The fraction of sp³-hybridized carbons (Fsp3) is 0.476. The van der Waals surface area contributed by atoms with E-state index in [-0.39, 0.29) is 24.5 Å². The molecule has 1 atom stereocenters. The van der Waals surface area contributed by atoms with Crippen molar-refractivity contribution in [1.29, 1.82) is 0 Å². The number of amides is 2. The van der Waals surface area contributed by atoms with Crippen LogP contribution < -0.4 is 15.5 Å². The van der Waals surface area contributed by atoms with E-state index >= 15 is 0 Å². The van der Waals surface area contributed by atoms with E-state index in [9.17, 15) is 18.4 Å². The molecule has 2 N–H and O–H groups in total. The molecule has 0 bridgehead atoms. The lowest BCUT2D eigenvalue weighted by atomic mass is 10.0. The van der Waals surface area contributed by atoms with Crippen LogP contribution in [0.1, 0.15) is 19.4 Å². The molecule has 2 amide bonds. The summed E-state index contributed by atoms with van der Waals surface area (Å²) in [5.41, 5.74) is 7.93. The second kappa shape index (κ2) is 9.86. The average molecular weight is 436 g/mol. The van der Waals surface area contributed by atoms with Gasteiger partial charge in [-0.25, -0.2) is 13.6 Å². The van der Waals surface area contributed by atoms with Crippen molar-refractivity contribution < 1.29 is 27.8 Å². The van der Waals surface area contributed by atoms with Crippen LogP contribution in [0.2, 0.25) is 0 Å². The molecule has 0 aliphatic carbocycles. The van der Waals surface area contributed by atoms with E-state index in [1.807, 2.05) is 0 Å². The van der Waals surface area contributed by atoms with E-state index in [0.717, 1.165) is 0 Å². The molecule has 3 rings (SSSR count). The van der Waals surface area contributed by atoms with Gasteiger partial charge < -0.3 is 20.1 Å². The number of nitrogens with two attached hydrogens (primary N) is 1. The molecule has 168 valence electrons. The van der Waals surface area contributed by atoms with Crippen LogP contribution in [-0.4, -0.2) is 69.5 Å². The highest BCUT2D eigenvalue weighted by molar-refractivity contribution is 6.11. The fourth-order valence-electron chi connectivity index (χ4n) is 3.48. The fourth-order valence-corrected chi connectivity index (χ4v) is 3.48. The summed E-state index contributed by atoms with van der Waals surface area (Å²) in [7, 11) is 0. The predicted octanol–water partition coefficient (Wildman–Crippen LogP) is 2.46. The number of fused-ring (bicyclic) bond motifs is 1. The molecule has 0 unspecified atom stereocenters. The molecule has 10 heteroatoms. The van der Waals surface area contributed by atoms with Gasteiger partial charge in [-0.2, -0.15) is 0 Å². The molecule has 0 saturated carbocycles. The molecule has 1 fully saturated rings. The van der Waals surface area contributed by atoms with Crippen molar-refractivity contribution in [3.05, 3.63) is 30.0 Å². The summed E-state index contributed by atoms with van der Waals surface area (Å²) in [6, 6.07) is 4.87. The number of ether oxygens (including phenoxy) is 2. The average Bonchev–Trinajstić information content (AvgIpc) is 2.72. The second-order valence-electron chi connectivity index (χ2n) is 7.46. The third-order valence-electron chi connectivity index (χ3n) is 5.14. The summed E-state index contributed by atoms with van der Waals surface area (Å²) in [5, 5.41) is 0. The molecule has 0 aromatic heterocycles. The highest BCUT2D eigenvalue weighted by atomic mass is 19.1. The molecule has 31 heavy (non-hydrogen) atoms. The summed E-state index contributed by atoms with van der Waals surface area (Å²) >= 11 is 0. The Morgan fingerprint density at radius 2 is 2.03 bits per heavy atom. The van der Waals surface area contributed by atoms with E-state index in [4.69, 9.17) is 15.2 Å². The lowest BCUT2D eigenvalue weighted by Crippen LogP contribution is -2.52. The number of allylic oxidation sites excluding steroid dienone is 1. The van der Waals surface area contributed by atoms with Crippen molar-refractivity contribution in [1.82, 2.24) is 0 Å². The minimum atomic E-state index is -1.48. The van der Waals surface area contributed by atoms with Crippen molar-refractivity contribution in [3.8, 4) is 0 Å². The minimum Gasteiger partial charge on any atom is -0.440 e. The summed E-state index contributed by atoms with van der Waals surface area (Å²) in [4.78, 5) is 32.2. The van der Waals surface area contributed by atoms with Crippen LogP contribution in [0, 0.1) is 0 Å². The predicted molar refractivity (Wildman–Crippen MR) is 114 cm³/mol. The number of rotatable bonds is 6. The number of hydrogen-bond donors (Lipinski definition) is 1. The quantitative estimate of drug-likeness (QED) is 0.691. The zero-order valence-corrected chi connectivity index (χ0v) is 17.5. The zero-order valence-electron chi connectivity index (χ0n) is 17.5. The maximum Gasteiger partial charge on any atom is 0.414 e. The number of carbonyl (C=O) groups excluding carboxylic acids is 2. The number of benzene rings is 1. The first-order valence-electron chi connectivity index (χ1n) is 9.96. The van der Waals surface area contributed by atoms with Crippen molar-refractivity contribution >= 4 is 35.2 Å². The van der Waals surface area contributed by atoms with Gasteiger partial charge >= 0.3 is 6.09 Å². The third kappa shape index (κ3) is 4.84. The standard InChI is InChI=1S/C21H26F2N4O4/c1-13-10-26(21(29)31-18(6-22)7-23)20-5-15(3-4-19(20)27(13)14(2)28)16(8-24)9-25-17-11-30-12-17/h3-5,8-9,13,17-18H,6-7,10-12,24H2,1-2H3/b16-8+,25-9?/t13-/m0/s1. The van der Waals surface area contributed by atoms with Crippen LogP contribution in [0.4, 0.5) is 25.0 Å². The van der Waals surface area contributed by atoms with E-state index in [1.54, 1.807) is 36.2 Å². The lowest BCUT2D eigenvalue weighted by molar-refractivity contribution is -0.117. The Bertz CT molecular complexity index is 884. The van der Waals surface area contributed by atoms with E-state index in [0.29, 0.717) is 35.7 Å². The highest BCUT2D eigenvalue weighted by Gasteiger charge is 2.35. The Hall–Kier alpha value is -3.01. The van der Waals surface area contributed by atoms with Gasteiger partial charge in [-0.05, 0) is 24.6 Å². The number of halogens is 2. The topological polar surface area (TPSA) is 97.5 Å². The number of anilines is 2. The normalized spacial score (nSPS) is 19.5. The van der Waals surface area contributed by atoms with Crippen LogP contribution in [0.25, 0.3) is 5.57 Å². The number of hydrogen-bond acceptors (Lipinski definition) is 6. The number of carbonyl (C=O) groups is 2. The van der Waals surface area contributed by atoms with Crippen molar-refractivity contribution in [3.63, 3.8) is 0 Å². The Morgan fingerprint density at radius 3 is 2.58 bits per heavy atom. The Morgan fingerprint density at radius 1 is 1.32 bits per heavy atom. The van der Waals surface area contributed by atoms with E-state index in [2.05, 4.69) is 4.99 Å². The van der Waals surface area contributed by atoms with Gasteiger partial charge in [0, 0.05) is 31.5 Å². The highest BCUT2D eigenvalue weighted by Crippen LogP contribution is 2.38. The molecule has 2 aliphatic heterocycles. The van der Waals surface area contributed by atoms with Gasteiger partial charge in [-0.15, -0.1) is 0 Å². The van der Waals surface area contributed by atoms with E-state index in [1.165, 1.54) is 18.0 Å². The number of nitrogens with zero attached hydrogens (tertiary/aromatic N) is 3. The van der Waals surface area contributed by atoms with E-state index < -0.39 is 25.5 Å².